The molecule has 5 nitrogen and oxygen atoms in total. The van der Waals surface area contributed by atoms with Gasteiger partial charge < -0.3 is 14.5 Å². The van der Waals surface area contributed by atoms with E-state index in [9.17, 15) is 18.0 Å². The van der Waals surface area contributed by atoms with Crippen molar-refractivity contribution in [1.29, 1.82) is 0 Å². The molecule has 1 spiro atoms. The molecule has 5 aliphatic rings. The lowest BCUT2D eigenvalue weighted by molar-refractivity contribution is -0.144. The van der Waals surface area contributed by atoms with Crippen LogP contribution in [0, 0.1) is 11.3 Å². The molecule has 0 bridgehead atoms. The smallest absolute Gasteiger partial charge is 0.365 e. The molecule has 0 N–H and O–H groups in total. The first-order chi connectivity index (χ1) is 18.3. The summed E-state index contributed by atoms with van der Waals surface area (Å²) in [5.41, 5.74) is 2.61. The highest BCUT2D eigenvalue weighted by Crippen LogP contribution is 2.57. The molecule has 1 amide bonds. The third kappa shape index (κ3) is 3.81. The Kier molecular flexibility index (Phi) is 5.68. The fourth-order valence-corrected chi connectivity index (χ4v) is 8.35. The van der Waals surface area contributed by atoms with E-state index in [1.165, 1.54) is 17.2 Å². The van der Waals surface area contributed by atoms with Gasteiger partial charge in [-0.1, -0.05) is 30.7 Å². The van der Waals surface area contributed by atoms with Crippen molar-refractivity contribution in [2.75, 3.05) is 19.6 Å². The van der Waals surface area contributed by atoms with Gasteiger partial charge in [0.15, 0.2) is 0 Å². The van der Waals surface area contributed by atoms with E-state index in [2.05, 4.69) is 34.1 Å². The summed E-state index contributed by atoms with van der Waals surface area (Å²) in [4.78, 5) is 22.6. The Morgan fingerprint density at radius 1 is 1.08 bits per heavy atom. The molecule has 3 aliphatic heterocycles. The first-order valence-corrected chi connectivity index (χ1v) is 14.1. The van der Waals surface area contributed by atoms with Gasteiger partial charge in [-0.3, -0.25) is 9.78 Å². The van der Waals surface area contributed by atoms with Crippen molar-refractivity contribution < 1.29 is 22.7 Å². The van der Waals surface area contributed by atoms with Crippen LogP contribution >= 0.6 is 0 Å². The van der Waals surface area contributed by atoms with Gasteiger partial charge in [-0.2, -0.15) is 13.2 Å². The number of alkyl halides is 3. The molecule has 8 heteroatoms. The van der Waals surface area contributed by atoms with Crippen LogP contribution in [0.3, 0.4) is 0 Å². The molecular formula is C30H34F3N3O2. The second-order valence-corrected chi connectivity index (χ2v) is 12.1. The number of nitrogens with zero attached hydrogens (tertiary/aromatic N) is 3. The van der Waals surface area contributed by atoms with Crippen molar-refractivity contribution in [3.05, 3.63) is 64.5 Å². The van der Waals surface area contributed by atoms with Gasteiger partial charge in [0.05, 0.1) is 23.2 Å². The monoisotopic (exact) mass is 525 g/mol. The Balaban J connectivity index is 1.06. The first kappa shape index (κ1) is 24.6. The van der Waals surface area contributed by atoms with Gasteiger partial charge in [-0.25, -0.2) is 0 Å². The van der Waals surface area contributed by atoms with E-state index in [1.54, 1.807) is 0 Å². The Morgan fingerprint density at radius 2 is 1.89 bits per heavy atom. The van der Waals surface area contributed by atoms with Gasteiger partial charge >= 0.3 is 6.18 Å². The lowest BCUT2D eigenvalue weighted by atomic mass is 9.78. The van der Waals surface area contributed by atoms with Crippen LogP contribution in [0.25, 0.3) is 0 Å². The molecule has 7 rings (SSSR count). The number of rotatable bonds is 2. The number of hydrogen-bond acceptors (Lipinski definition) is 4. The standard InChI is InChI=1S/C30H34F3N3O2/c31-30(32,33)23-14-21-18-36(11-7-26(21)34-17-23)27(37)28-8-3-5-22(28)15-24(16-28)35-12-9-29(10-13-35)25-6-2-1-4-20(25)19-38-29/h1-2,4,6,14,17,22,24H,3,5,7-13,15-16,18-19H2/t22-,24+,28-/m1/s1. The SMILES string of the molecule is O=C(N1CCc2ncc(C(F)(F)F)cc2C1)[C@@]12CCC[C@@H]1C[C@H](N1CCC3(CC1)OCc1ccccc13)C2. The molecular weight excluding hydrogens is 491 g/mol. The molecule has 4 heterocycles. The summed E-state index contributed by atoms with van der Waals surface area (Å²) in [6.45, 7) is 3.40. The minimum atomic E-state index is -4.43. The molecule has 2 aliphatic carbocycles. The number of carbonyl (C=O) groups excluding carboxylic acids is 1. The van der Waals surface area contributed by atoms with E-state index >= 15 is 0 Å². The number of aromatic nitrogens is 1. The van der Waals surface area contributed by atoms with Crippen LogP contribution in [-0.2, 0) is 40.9 Å². The molecule has 202 valence electrons. The van der Waals surface area contributed by atoms with Crippen LogP contribution < -0.4 is 0 Å². The van der Waals surface area contributed by atoms with Gasteiger partial charge in [-0.05, 0) is 67.2 Å². The average Bonchev–Trinajstić information content (AvgIpc) is 3.60. The van der Waals surface area contributed by atoms with Crippen LogP contribution in [0.15, 0.2) is 36.5 Å². The maximum absolute atomic E-state index is 14.1. The zero-order valence-electron chi connectivity index (χ0n) is 21.6. The molecule has 0 radical (unpaired) electrons. The average molecular weight is 526 g/mol. The van der Waals surface area contributed by atoms with Crippen LogP contribution in [-0.4, -0.2) is 46.4 Å². The summed E-state index contributed by atoms with van der Waals surface area (Å²) in [6.07, 6.45) is 3.88. The van der Waals surface area contributed by atoms with Gasteiger partial charge in [0.1, 0.15) is 0 Å². The third-order valence-electron chi connectivity index (χ3n) is 10.3. The molecule has 2 saturated carbocycles. The van der Waals surface area contributed by atoms with E-state index < -0.39 is 11.7 Å². The number of piperidine rings is 1. The first-order valence-electron chi connectivity index (χ1n) is 14.1. The lowest BCUT2D eigenvalue weighted by Crippen LogP contribution is -2.48. The van der Waals surface area contributed by atoms with Crippen molar-refractivity contribution in [2.24, 2.45) is 11.3 Å². The Hall–Kier alpha value is -2.45. The van der Waals surface area contributed by atoms with Crippen LogP contribution in [0.1, 0.15) is 72.9 Å². The Labute approximate surface area is 221 Å². The van der Waals surface area contributed by atoms with Crippen molar-refractivity contribution in [3.63, 3.8) is 0 Å². The van der Waals surface area contributed by atoms with E-state index in [1.807, 2.05) is 4.90 Å². The number of carbonyl (C=O) groups is 1. The highest BCUT2D eigenvalue weighted by atomic mass is 19.4. The molecule has 3 atom stereocenters. The normalized spacial score (nSPS) is 30.3. The van der Waals surface area contributed by atoms with Crippen LogP contribution in [0.5, 0.6) is 0 Å². The minimum absolute atomic E-state index is 0.159. The lowest BCUT2D eigenvalue weighted by Gasteiger charge is -2.42. The summed E-state index contributed by atoms with van der Waals surface area (Å²) in [5.74, 6) is 0.521. The van der Waals surface area contributed by atoms with E-state index in [0.717, 1.165) is 64.2 Å². The molecule has 38 heavy (non-hydrogen) atoms. The summed E-state index contributed by atoms with van der Waals surface area (Å²) in [5, 5.41) is 0. The number of halogens is 3. The molecule has 3 fully saturated rings. The van der Waals surface area contributed by atoms with Crippen molar-refractivity contribution in [2.45, 2.75) is 82.3 Å². The fraction of sp³-hybridized carbons (Fsp3) is 0.600. The Bertz CT molecular complexity index is 1260. The molecule has 1 saturated heterocycles. The number of ether oxygens (including phenoxy) is 1. The van der Waals surface area contributed by atoms with Crippen LogP contribution in [0.4, 0.5) is 13.2 Å². The van der Waals surface area contributed by atoms with Crippen molar-refractivity contribution in [3.8, 4) is 0 Å². The molecule has 2 aromatic rings. The fourth-order valence-electron chi connectivity index (χ4n) is 8.35. The van der Waals surface area contributed by atoms with Gasteiger partial charge in [0.2, 0.25) is 5.91 Å². The highest BCUT2D eigenvalue weighted by molar-refractivity contribution is 5.84. The minimum Gasteiger partial charge on any atom is -0.365 e. The number of amides is 1. The summed E-state index contributed by atoms with van der Waals surface area (Å²) in [7, 11) is 0. The molecule has 1 aromatic heterocycles. The number of hydrogen-bond donors (Lipinski definition) is 0. The predicted molar refractivity (Wildman–Crippen MR) is 135 cm³/mol. The van der Waals surface area contributed by atoms with Crippen molar-refractivity contribution in [1.82, 2.24) is 14.8 Å². The maximum Gasteiger partial charge on any atom is 0.417 e. The number of pyridine rings is 1. The van der Waals surface area contributed by atoms with Gasteiger partial charge in [0.25, 0.3) is 0 Å². The van der Waals surface area contributed by atoms with E-state index in [-0.39, 0.29) is 23.5 Å². The Morgan fingerprint density at radius 3 is 2.71 bits per heavy atom. The largest absolute Gasteiger partial charge is 0.417 e. The summed E-state index contributed by atoms with van der Waals surface area (Å²) < 4.78 is 46.2. The number of fused-ring (bicyclic) bond motifs is 4. The van der Waals surface area contributed by atoms with E-state index in [4.69, 9.17) is 4.74 Å². The predicted octanol–water partition coefficient (Wildman–Crippen LogP) is 5.46. The summed E-state index contributed by atoms with van der Waals surface area (Å²) >= 11 is 0. The number of benzene rings is 1. The number of likely N-dealkylation sites (tertiary alicyclic amines) is 1. The zero-order chi connectivity index (χ0) is 26.1. The highest BCUT2D eigenvalue weighted by Gasteiger charge is 2.57. The van der Waals surface area contributed by atoms with Gasteiger partial charge in [-0.15, -0.1) is 0 Å². The van der Waals surface area contributed by atoms with E-state index in [0.29, 0.717) is 42.8 Å². The maximum atomic E-state index is 14.1. The van der Waals surface area contributed by atoms with Gasteiger partial charge in [0, 0.05) is 50.5 Å². The molecule has 1 aromatic carbocycles. The zero-order valence-corrected chi connectivity index (χ0v) is 21.6. The molecule has 0 unspecified atom stereocenters. The topological polar surface area (TPSA) is 45.7 Å². The second kappa shape index (κ2) is 8.78. The summed E-state index contributed by atoms with van der Waals surface area (Å²) in [6, 6.07) is 10.1. The van der Waals surface area contributed by atoms with Crippen LogP contribution in [0.2, 0.25) is 0 Å². The third-order valence-corrected chi connectivity index (χ3v) is 10.3. The van der Waals surface area contributed by atoms with Crippen molar-refractivity contribution >= 4 is 5.91 Å². The second-order valence-electron chi connectivity index (χ2n) is 12.1. The quantitative estimate of drug-likeness (QED) is 0.523.